The van der Waals surface area contributed by atoms with E-state index in [0.29, 0.717) is 0 Å². The summed E-state index contributed by atoms with van der Waals surface area (Å²) >= 11 is 0. The van der Waals surface area contributed by atoms with Gasteiger partial charge in [0.15, 0.2) is 0 Å². The van der Waals surface area contributed by atoms with Gasteiger partial charge < -0.3 is 0 Å². The van der Waals surface area contributed by atoms with Gasteiger partial charge in [0.25, 0.3) is 0 Å². The van der Waals surface area contributed by atoms with Crippen molar-refractivity contribution in [2.45, 2.75) is 32.4 Å². The second-order valence-corrected chi connectivity index (χ2v) is 11.2. The quantitative estimate of drug-likeness (QED) is 0.598. The summed E-state index contributed by atoms with van der Waals surface area (Å²) in [5.74, 6) is 0. The molecule has 0 radical (unpaired) electrons. The lowest BCUT2D eigenvalue weighted by Crippen LogP contribution is -2.47. The van der Waals surface area contributed by atoms with Crippen LogP contribution in [-0.2, 0) is 6.42 Å². The number of allylic oxidation sites excluding steroid dienone is 4. The van der Waals surface area contributed by atoms with Crippen molar-refractivity contribution < 1.29 is 0 Å². The lowest BCUT2D eigenvalue weighted by atomic mass is 10.1. The summed E-state index contributed by atoms with van der Waals surface area (Å²) in [7, 11) is -1.56. The van der Waals surface area contributed by atoms with Crippen LogP contribution in [0.15, 0.2) is 65.9 Å². The van der Waals surface area contributed by atoms with Crippen LogP contribution in [0.25, 0.3) is 11.1 Å². The molecule has 1 heteroatoms. The van der Waals surface area contributed by atoms with Crippen LogP contribution in [-0.4, -0.2) is 8.07 Å². The Balaban J connectivity index is 1.88. The maximum atomic E-state index is 2.56. The van der Waals surface area contributed by atoms with Gasteiger partial charge in [-0.15, -0.1) is 0 Å². The molecule has 0 bridgehead atoms. The molecule has 0 fully saturated rings. The number of hydrogen-bond donors (Lipinski definition) is 0. The van der Waals surface area contributed by atoms with Gasteiger partial charge >= 0.3 is 0 Å². The summed E-state index contributed by atoms with van der Waals surface area (Å²) in [5, 5.41) is 3.36. The van der Waals surface area contributed by atoms with Crippen LogP contribution >= 0.6 is 0 Å². The fraction of sp³-hybridized carbons (Fsp3) is 0.238. The second kappa shape index (κ2) is 5.10. The third-order valence-electron chi connectivity index (χ3n) is 5.63. The van der Waals surface area contributed by atoms with E-state index in [9.17, 15) is 0 Å². The van der Waals surface area contributed by atoms with Gasteiger partial charge in [0.05, 0.1) is 0 Å². The van der Waals surface area contributed by atoms with Crippen molar-refractivity contribution in [1.29, 1.82) is 0 Å². The number of benzene rings is 2. The normalized spacial score (nSPS) is 17.8. The average Bonchev–Trinajstić information content (AvgIpc) is 3.21. The zero-order valence-electron chi connectivity index (χ0n) is 13.4. The van der Waals surface area contributed by atoms with Crippen LogP contribution in [0.2, 0.25) is 12.6 Å². The standard InChI is InChI=1S/C21H22Si/c1-3-22(2,17-10-5-6-11-17)21-14-8-13-19-18-12-7-4-9-16(18)15-20(19)21/h4-10,12-14H,3,11,15H2,1-2H3. The van der Waals surface area contributed by atoms with E-state index < -0.39 is 8.07 Å². The van der Waals surface area contributed by atoms with Crippen molar-refractivity contribution in [3.63, 3.8) is 0 Å². The largest absolute Gasteiger partial charge is 0.111 e. The summed E-state index contributed by atoms with van der Waals surface area (Å²) in [6, 6.07) is 17.2. The topological polar surface area (TPSA) is 0 Å². The lowest BCUT2D eigenvalue weighted by molar-refractivity contribution is 1.25. The molecule has 0 saturated carbocycles. The van der Waals surface area contributed by atoms with E-state index in [-0.39, 0.29) is 0 Å². The van der Waals surface area contributed by atoms with Crippen LogP contribution in [0.5, 0.6) is 0 Å². The van der Waals surface area contributed by atoms with Gasteiger partial charge in [0.1, 0.15) is 8.07 Å². The van der Waals surface area contributed by atoms with Crippen molar-refractivity contribution >= 4 is 13.3 Å². The molecular weight excluding hydrogens is 280 g/mol. The van der Waals surface area contributed by atoms with Gasteiger partial charge in [0, 0.05) is 0 Å². The molecule has 2 aromatic rings. The minimum atomic E-state index is -1.56. The summed E-state index contributed by atoms with van der Waals surface area (Å²) in [4.78, 5) is 0. The van der Waals surface area contributed by atoms with Crippen molar-refractivity contribution in [3.05, 3.63) is 77.0 Å². The van der Waals surface area contributed by atoms with Crippen LogP contribution in [0.1, 0.15) is 24.5 Å². The Kier molecular flexibility index (Phi) is 3.19. The third-order valence-corrected chi connectivity index (χ3v) is 10.5. The number of hydrogen-bond acceptors (Lipinski definition) is 0. The molecule has 0 amide bonds. The predicted molar refractivity (Wildman–Crippen MR) is 98.3 cm³/mol. The molecule has 2 aromatic carbocycles. The van der Waals surface area contributed by atoms with Gasteiger partial charge in [-0.1, -0.05) is 90.6 Å². The molecule has 1 unspecified atom stereocenters. The molecule has 2 aliphatic carbocycles. The highest BCUT2D eigenvalue weighted by Gasteiger charge is 2.36. The smallest absolute Gasteiger partial charge is 0.0809 e. The van der Waals surface area contributed by atoms with Gasteiger partial charge in [-0.3, -0.25) is 0 Å². The molecule has 1 atom stereocenters. The Morgan fingerprint density at radius 3 is 2.59 bits per heavy atom. The molecule has 0 aliphatic heterocycles. The molecule has 2 aliphatic rings. The molecule has 0 spiro atoms. The highest BCUT2D eigenvalue weighted by atomic mass is 28.3. The first kappa shape index (κ1) is 13.8. The zero-order chi connectivity index (χ0) is 15.2. The molecule has 0 N–H and O–H groups in total. The summed E-state index contributed by atoms with van der Waals surface area (Å²) in [6.45, 7) is 4.94. The molecule has 4 rings (SSSR count). The highest BCUT2D eigenvalue weighted by molar-refractivity contribution is 6.97. The predicted octanol–water partition coefficient (Wildman–Crippen LogP) is 4.99. The van der Waals surface area contributed by atoms with E-state index in [1.165, 1.54) is 22.7 Å². The lowest BCUT2D eigenvalue weighted by Gasteiger charge is -2.30. The first-order chi connectivity index (χ1) is 10.7. The van der Waals surface area contributed by atoms with E-state index in [0.717, 1.165) is 12.8 Å². The fourth-order valence-corrected chi connectivity index (χ4v) is 7.69. The molecule has 110 valence electrons. The summed E-state index contributed by atoms with van der Waals surface area (Å²) in [6.07, 6.45) is 9.22. The first-order valence-electron chi connectivity index (χ1n) is 8.31. The molecular formula is C21H22Si. The van der Waals surface area contributed by atoms with Crippen LogP contribution in [0.4, 0.5) is 0 Å². The third kappa shape index (κ3) is 1.89. The van der Waals surface area contributed by atoms with Gasteiger partial charge in [-0.05, 0) is 35.1 Å². The highest BCUT2D eigenvalue weighted by Crippen LogP contribution is 2.38. The van der Waals surface area contributed by atoms with Gasteiger partial charge in [-0.2, -0.15) is 0 Å². The van der Waals surface area contributed by atoms with Crippen molar-refractivity contribution in [1.82, 2.24) is 0 Å². The van der Waals surface area contributed by atoms with E-state index in [1.54, 1.807) is 15.9 Å². The Morgan fingerprint density at radius 2 is 1.82 bits per heavy atom. The minimum absolute atomic E-state index is 1.12. The number of fused-ring (bicyclic) bond motifs is 3. The second-order valence-electron chi connectivity index (χ2n) is 6.68. The first-order valence-corrected chi connectivity index (χ1v) is 11.0. The van der Waals surface area contributed by atoms with Crippen molar-refractivity contribution in [3.8, 4) is 11.1 Å². The van der Waals surface area contributed by atoms with Crippen molar-refractivity contribution in [2.75, 3.05) is 0 Å². The Bertz CT molecular complexity index is 797. The van der Waals surface area contributed by atoms with Crippen LogP contribution in [0, 0.1) is 0 Å². The Labute approximate surface area is 134 Å². The molecule has 0 heterocycles. The van der Waals surface area contributed by atoms with E-state index in [4.69, 9.17) is 0 Å². The molecule has 0 saturated heterocycles. The molecule has 22 heavy (non-hydrogen) atoms. The van der Waals surface area contributed by atoms with Gasteiger partial charge in [-0.25, -0.2) is 0 Å². The molecule has 0 nitrogen and oxygen atoms in total. The summed E-state index contributed by atoms with van der Waals surface area (Å²) in [5.41, 5.74) is 6.03. The number of rotatable bonds is 3. The van der Waals surface area contributed by atoms with E-state index >= 15 is 0 Å². The van der Waals surface area contributed by atoms with Crippen LogP contribution in [0.3, 0.4) is 0 Å². The fourth-order valence-electron chi connectivity index (χ4n) is 4.12. The van der Waals surface area contributed by atoms with Gasteiger partial charge in [0.2, 0.25) is 0 Å². The Morgan fingerprint density at radius 1 is 1.00 bits per heavy atom. The average molecular weight is 302 g/mol. The van der Waals surface area contributed by atoms with Crippen LogP contribution < -0.4 is 5.19 Å². The maximum Gasteiger partial charge on any atom is 0.111 e. The molecule has 0 aromatic heterocycles. The van der Waals surface area contributed by atoms with Crippen molar-refractivity contribution in [2.24, 2.45) is 0 Å². The van der Waals surface area contributed by atoms with E-state index in [1.807, 2.05) is 0 Å². The minimum Gasteiger partial charge on any atom is -0.0809 e. The maximum absolute atomic E-state index is 2.56. The SMILES string of the molecule is CC[Si](C)(C1=CC=CC1)c1cccc2c1Cc1ccccc1-2. The zero-order valence-corrected chi connectivity index (χ0v) is 14.4. The summed E-state index contributed by atoms with van der Waals surface area (Å²) < 4.78 is 0. The van der Waals surface area contributed by atoms with E-state index in [2.05, 4.69) is 74.2 Å². The monoisotopic (exact) mass is 302 g/mol. The Hall–Kier alpha value is -1.86.